The summed E-state index contributed by atoms with van der Waals surface area (Å²) in [5.41, 5.74) is 1.39. The quantitative estimate of drug-likeness (QED) is 0.797. The van der Waals surface area contributed by atoms with Gasteiger partial charge in [-0.25, -0.2) is 0 Å². The molecule has 0 spiro atoms. The van der Waals surface area contributed by atoms with Crippen LogP contribution in [0.2, 0.25) is 0 Å². The Morgan fingerprint density at radius 1 is 1.24 bits per heavy atom. The molecule has 1 aromatic carbocycles. The maximum Gasteiger partial charge on any atom is 0.0858 e. The average molecular weight is 290 g/mol. The Hall–Kier alpha value is -0.900. The van der Waals surface area contributed by atoms with E-state index < -0.39 is 0 Å². The zero-order valence-corrected chi connectivity index (χ0v) is 13.6. The van der Waals surface area contributed by atoms with Crippen LogP contribution in [0.3, 0.4) is 0 Å². The second-order valence-corrected chi connectivity index (χ2v) is 5.96. The molecule has 3 heteroatoms. The predicted octanol–water partition coefficient (Wildman–Crippen LogP) is 2.71. The van der Waals surface area contributed by atoms with Crippen molar-refractivity contribution in [1.29, 1.82) is 0 Å². The first-order chi connectivity index (χ1) is 10.3. The van der Waals surface area contributed by atoms with Gasteiger partial charge in [0.1, 0.15) is 0 Å². The Balaban J connectivity index is 1.97. The summed E-state index contributed by atoms with van der Waals surface area (Å²) in [6, 6.07) is 11.2. The third-order valence-corrected chi connectivity index (χ3v) is 4.12. The summed E-state index contributed by atoms with van der Waals surface area (Å²) >= 11 is 0. The van der Waals surface area contributed by atoms with Crippen LogP contribution in [0.25, 0.3) is 0 Å². The van der Waals surface area contributed by atoms with Gasteiger partial charge in [0, 0.05) is 19.1 Å². The molecule has 2 atom stereocenters. The summed E-state index contributed by atoms with van der Waals surface area (Å²) in [6.07, 6.45) is 3.73. The molecular formula is C18H30N2O. The molecule has 0 amide bonds. The average Bonchev–Trinajstić information content (AvgIpc) is 2.53. The lowest BCUT2D eigenvalue weighted by Crippen LogP contribution is -2.53. The Morgan fingerprint density at radius 3 is 2.76 bits per heavy atom. The minimum Gasteiger partial charge on any atom is -0.374 e. The fourth-order valence-corrected chi connectivity index (χ4v) is 3.03. The van der Waals surface area contributed by atoms with E-state index in [0.717, 1.165) is 39.1 Å². The molecule has 1 N–H and O–H groups in total. The summed E-state index contributed by atoms with van der Waals surface area (Å²) in [7, 11) is 0. The van der Waals surface area contributed by atoms with Gasteiger partial charge in [-0.05, 0) is 37.9 Å². The highest BCUT2D eigenvalue weighted by Gasteiger charge is 2.27. The van der Waals surface area contributed by atoms with Crippen LogP contribution in [-0.4, -0.2) is 49.8 Å². The molecule has 0 bridgehead atoms. The molecule has 0 aromatic heterocycles. The molecule has 1 fully saturated rings. The smallest absolute Gasteiger partial charge is 0.0858 e. The van der Waals surface area contributed by atoms with E-state index in [1.165, 1.54) is 18.5 Å². The highest BCUT2D eigenvalue weighted by Crippen LogP contribution is 2.14. The van der Waals surface area contributed by atoms with E-state index in [0.29, 0.717) is 12.1 Å². The Bertz CT molecular complexity index is 380. The van der Waals surface area contributed by atoms with Gasteiger partial charge in [0.25, 0.3) is 0 Å². The van der Waals surface area contributed by atoms with E-state index >= 15 is 0 Å². The highest BCUT2D eigenvalue weighted by atomic mass is 16.5. The van der Waals surface area contributed by atoms with Gasteiger partial charge in [-0.3, -0.25) is 4.90 Å². The maximum absolute atomic E-state index is 6.08. The van der Waals surface area contributed by atoms with Gasteiger partial charge < -0.3 is 10.1 Å². The number of hydrogen-bond acceptors (Lipinski definition) is 3. The number of nitrogens with zero attached hydrogens (tertiary/aromatic N) is 1. The van der Waals surface area contributed by atoms with E-state index in [-0.39, 0.29) is 0 Å². The molecule has 2 rings (SSSR count). The maximum atomic E-state index is 6.08. The Kier molecular flexibility index (Phi) is 7.20. The highest BCUT2D eigenvalue weighted by molar-refractivity contribution is 5.16. The summed E-state index contributed by atoms with van der Waals surface area (Å²) in [4.78, 5) is 2.54. The molecule has 1 aromatic rings. The van der Waals surface area contributed by atoms with E-state index in [9.17, 15) is 0 Å². The number of ether oxygens (including phenoxy) is 1. The molecule has 3 nitrogen and oxygen atoms in total. The van der Waals surface area contributed by atoms with Crippen molar-refractivity contribution in [3.05, 3.63) is 35.9 Å². The normalized spacial score (nSPS) is 21.3. The van der Waals surface area contributed by atoms with Crippen LogP contribution in [-0.2, 0) is 11.2 Å². The Labute approximate surface area is 129 Å². The van der Waals surface area contributed by atoms with Crippen LogP contribution in [0.4, 0.5) is 0 Å². The van der Waals surface area contributed by atoms with Crippen molar-refractivity contribution in [2.24, 2.45) is 0 Å². The lowest BCUT2D eigenvalue weighted by atomic mass is 9.99. The third-order valence-electron chi connectivity index (χ3n) is 4.12. The minimum absolute atomic E-state index is 0.303. The first-order valence-electron chi connectivity index (χ1n) is 8.44. The lowest BCUT2D eigenvalue weighted by molar-refractivity contribution is -0.0461. The molecule has 1 saturated heterocycles. The van der Waals surface area contributed by atoms with E-state index in [2.05, 4.69) is 54.4 Å². The number of nitrogens with one attached hydrogen (secondary N) is 1. The standard InChI is InChI=1S/C18H30N2O/c1-3-10-19-17(14-16-8-6-5-7-9-16)18-15-20(11-4-2)12-13-21-18/h5-9,17-19H,3-4,10-15H2,1-2H3. The van der Waals surface area contributed by atoms with Gasteiger partial charge in [0.15, 0.2) is 0 Å². The van der Waals surface area contributed by atoms with Crippen molar-refractivity contribution in [3.63, 3.8) is 0 Å². The molecule has 1 heterocycles. The van der Waals surface area contributed by atoms with Gasteiger partial charge in [-0.2, -0.15) is 0 Å². The zero-order valence-electron chi connectivity index (χ0n) is 13.6. The molecule has 1 aliphatic heterocycles. The fourth-order valence-electron chi connectivity index (χ4n) is 3.03. The fraction of sp³-hybridized carbons (Fsp3) is 0.667. The molecule has 2 unspecified atom stereocenters. The first-order valence-corrected chi connectivity index (χ1v) is 8.44. The third kappa shape index (κ3) is 5.42. The molecule has 118 valence electrons. The van der Waals surface area contributed by atoms with Crippen molar-refractivity contribution >= 4 is 0 Å². The van der Waals surface area contributed by atoms with Crippen LogP contribution >= 0.6 is 0 Å². The summed E-state index contributed by atoms with van der Waals surface area (Å²) in [5, 5.41) is 3.70. The number of morpholine rings is 1. The lowest BCUT2D eigenvalue weighted by Gasteiger charge is -2.37. The molecule has 0 saturated carbocycles. The van der Waals surface area contributed by atoms with Gasteiger partial charge in [0.2, 0.25) is 0 Å². The first kappa shape index (κ1) is 16.5. The van der Waals surface area contributed by atoms with Gasteiger partial charge in [-0.15, -0.1) is 0 Å². The monoisotopic (exact) mass is 290 g/mol. The number of benzene rings is 1. The van der Waals surface area contributed by atoms with E-state index in [4.69, 9.17) is 4.74 Å². The van der Waals surface area contributed by atoms with Crippen LogP contribution in [0.15, 0.2) is 30.3 Å². The summed E-state index contributed by atoms with van der Waals surface area (Å²) in [6.45, 7) is 9.72. The molecule has 0 aliphatic carbocycles. The van der Waals surface area contributed by atoms with Crippen LogP contribution < -0.4 is 5.32 Å². The van der Waals surface area contributed by atoms with Crippen LogP contribution in [0.1, 0.15) is 32.3 Å². The van der Waals surface area contributed by atoms with E-state index in [1.54, 1.807) is 0 Å². The van der Waals surface area contributed by atoms with E-state index in [1.807, 2.05) is 0 Å². The van der Waals surface area contributed by atoms with Crippen LogP contribution in [0, 0.1) is 0 Å². The second kappa shape index (κ2) is 9.19. The Morgan fingerprint density at radius 2 is 2.05 bits per heavy atom. The summed E-state index contributed by atoms with van der Waals surface area (Å²) in [5.74, 6) is 0. The van der Waals surface area contributed by atoms with Gasteiger partial charge >= 0.3 is 0 Å². The molecule has 0 radical (unpaired) electrons. The van der Waals surface area contributed by atoms with Crippen LogP contribution in [0.5, 0.6) is 0 Å². The van der Waals surface area contributed by atoms with Crippen molar-refractivity contribution in [3.8, 4) is 0 Å². The largest absolute Gasteiger partial charge is 0.374 e. The van der Waals surface area contributed by atoms with Crippen molar-refractivity contribution in [1.82, 2.24) is 10.2 Å². The predicted molar refractivity (Wildman–Crippen MR) is 88.7 cm³/mol. The minimum atomic E-state index is 0.303. The molecule has 1 aliphatic rings. The summed E-state index contributed by atoms with van der Waals surface area (Å²) < 4.78 is 6.08. The second-order valence-electron chi connectivity index (χ2n) is 5.96. The zero-order chi connectivity index (χ0) is 14.9. The van der Waals surface area contributed by atoms with Gasteiger partial charge in [0.05, 0.1) is 12.7 Å². The topological polar surface area (TPSA) is 24.5 Å². The SMILES string of the molecule is CCCNC(Cc1ccccc1)C1CN(CCC)CCO1. The van der Waals surface area contributed by atoms with Gasteiger partial charge in [-0.1, -0.05) is 44.2 Å². The molecular weight excluding hydrogens is 260 g/mol. The number of rotatable bonds is 8. The van der Waals surface area contributed by atoms with Crippen molar-refractivity contribution in [2.75, 3.05) is 32.8 Å². The molecule has 21 heavy (non-hydrogen) atoms. The number of hydrogen-bond donors (Lipinski definition) is 1. The van der Waals surface area contributed by atoms with Crippen molar-refractivity contribution < 1.29 is 4.74 Å². The van der Waals surface area contributed by atoms with Crippen molar-refractivity contribution in [2.45, 2.75) is 45.3 Å².